The van der Waals surface area contributed by atoms with E-state index in [1.54, 1.807) is 0 Å². The molecule has 3 heteroatoms. The molecule has 0 radical (unpaired) electrons. The third kappa shape index (κ3) is 3.33. The number of carbonyl (C=O) groups is 1. The molecule has 1 heterocycles. The summed E-state index contributed by atoms with van der Waals surface area (Å²) in [5.41, 5.74) is 0.957. The normalized spacial score (nSPS) is 26.6. The van der Waals surface area contributed by atoms with Gasteiger partial charge in [-0.3, -0.25) is 0 Å². The first-order valence-electron chi connectivity index (χ1n) is 9.81. The monoisotopic (exact) mass is 340 g/mol. The summed E-state index contributed by atoms with van der Waals surface area (Å²) in [4.78, 5) is 17.4. The predicted octanol–water partition coefficient (Wildman–Crippen LogP) is 5.18. The van der Waals surface area contributed by atoms with E-state index in [2.05, 4.69) is 42.7 Å². The van der Waals surface area contributed by atoms with Crippen molar-refractivity contribution in [2.24, 2.45) is 5.92 Å². The SMILES string of the molecule is C=CCC1(c2ccccc2)CCN([C@@H](C)C2CCCCC2)C(=O)N1C. The van der Waals surface area contributed by atoms with Crippen LogP contribution in [0.1, 0.15) is 57.4 Å². The second-order valence-electron chi connectivity index (χ2n) is 7.81. The topological polar surface area (TPSA) is 23.6 Å². The van der Waals surface area contributed by atoms with Crippen LogP contribution in [-0.2, 0) is 5.54 Å². The number of hydrogen-bond donors (Lipinski definition) is 0. The van der Waals surface area contributed by atoms with Crippen LogP contribution < -0.4 is 0 Å². The molecule has 25 heavy (non-hydrogen) atoms. The molecule has 3 rings (SSSR count). The average Bonchev–Trinajstić information content (AvgIpc) is 2.67. The molecule has 1 aromatic rings. The lowest BCUT2D eigenvalue weighted by Gasteiger charge is -2.51. The molecule has 2 amide bonds. The molecular weight excluding hydrogens is 308 g/mol. The van der Waals surface area contributed by atoms with E-state index >= 15 is 0 Å². The number of benzene rings is 1. The van der Waals surface area contributed by atoms with Crippen molar-refractivity contribution < 1.29 is 4.79 Å². The fourth-order valence-electron chi connectivity index (χ4n) is 4.88. The zero-order valence-corrected chi connectivity index (χ0v) is 15.8. The molecule has 0 aromatic heterocycles. The first-order chi connectivity index (χ1) is 12.1. The standard InChI is InChI=1S/C22H32N2O/c1-4-15-22(20-13-9-6-10-14-20)16-17-24(21(25)23(22)3)18(2)19-11-7-5-8-12-19/h4,6,9-10,13-14,18-19H,1,5,7-8,11-12,15-17H2,2-3H3/t18-,22?/m0/s1. The summed E-state index contributed by atoms with van der Waals surface area (Å²) in [7, 11) is 1.97. The first-order valence-corrected chi connectivity index (χ1v) is 9.81. The van der Waals surface area contributed by atoms with Gasteiger partial charge in [0, 0.05) is 19.6 Å². The number of nitrogens with zero attached hydrogens (tertiary/aromatic N) is 2. The van der Waals surface area contributed by atoms with E-state index in [1.807, 2.05) is 24.1 Å². The average molecular weight is 341 g/mol. The Morgan fingerprint density at radius 1 is 1.24 bits per heavy atom. The van der Waals surface area contributed by atoms with Crippen LogP contribution in [0.4, 0.5) is 4.79 Å². The van der Waals surface area contributed by atoms with Crippen LogP contribution in [0.3, 0.4) is 0 Å². The van der Waals surface area contributed by atoms with E-state index in [4.69, 9.17) is 0 Å². The van der Waals surface area contributed by atoms with Crippen molar-refractivity contribution in [3.05, 3.63) is 48.6 Å². The van der Waals surface area contributed by atoms with Crippen LogP contribution >= 0.6 is 0 Å². The lowest BCUT2D eigenvalue weighted by molar-refractivity contribution is 0.0285. The minimum absolute atomic E-state index is 0.176. The Labute approximate surface area is 152 Å². The molecule has 3 nitrogen and oxygen atoms in total. The zero-order valence-electron chi connectivity index (χ0n) is 15.8. The van der Waals surface area contributed by atoms with Crippen LogP contribution in [0.25, 0.3) is 0 Å². The number of amides is 2. The Morgan fingerprint density at radius 2 is 1.92 bits per heavy atom. The summed E-state index contributed by atoms with van der Waals surface area (Å²) < 4.78 is 0. The van der Waals surface area contributed by atoms with E-state index in [0.29, 0.717) is 12.0 Å². The fraction of sp³-hybridized carbons (Fsp3) is 0.591. The largest absolute Gasteiger partial charge is 0.322 e. The highest BCUT2D eigenvalue weighted by molar-refractivity contribution is 5.77. The summed E-state index contributed by atoms with van der Waals surface area (Å²) in [6.07, 6.45) is 10.2. The first kappa shape index (κ1) is 18.0. The highest BCUT2D eigenvalue weighted by Gasteiger charge is 2.45. The molecule has 0 bridgehead atoms. The Morgan fingerprint density at radius 3 is 2.56 bits per heavy atom. The van der Waals surface area contributed by atoms with E-state index in [9.17, 15) is 4.79 Å². The molecular formula is C22H32N2O. The lowest BCUT2D eigenvalue weighted by Crippen LogP contribution is -2.61. The van der Waals surface area contributed by atoms with Gasteiger partial charge in [0.05, 0.1) is 5.54 Å². The Kier molecular flexibility index (Phi) is 5.51. The van der Waals surface area contributed by atoms with Gasteiger partial charge in [0.1, 0.15) is 0 Å². The minimum Gasteiger partial charge on any atom is -0.322 e. The van der Waals surface area contributed by atoms with Crippen molar-refractivity contribution in [2.45, 2.75) is 63.5 Å². The van der Waals surface area contributed by atoms with Gasteiger partial charge in [0.25, 0.3) is 0 Å². The summed E-state index contributed by atoms with van der Waals surface area (Å²) in [6, 6.07) is 11.0. The van der Waals surface area contributed by atoms with Gasteiger partial charge in [-0.1, -0.05) is 55.7 Å². The second-order valence-corrected chi connectivity index (χ2v) is 7.81. The van der Waals surface area contributed by atoms with Crippen LogP contribution in [0, 0.1) is 5.92 Å². The highest BCUT2D eigenvalue weighted by Crippen LogP contribution is 2.41. The van der Waals surface area contributed by atoms with Crippen molar-refractivity contribution in [1.82, 2.24) is 9.80 Å². The summed E-state index contributed by atoms with van der Waals surface area (Å²) in [5, 5.41) is 0. The Hall–Kier alpha value is -1.77. The van der Waals surface area contributed by atoms with Crippen LogP contribution in [0.15, 0.2) is 43.0 Å². The molecule has 0 spiro atoms. The smallest absolute Gasteiger partial charge is 0.320 e. The van der Waals surface area contributed by atoms with Gasteiger partial charge in [-0.05, 0) is 44.1 Å². The number of urea groups is 1. The van der Waals surface area contributed by atoms with E-state index in [1.165, 1.54) is 37.7 Å². The van der Waals surface area contributed by atoms with E-state index in [0.717, 1.165) is 19.4 Å². The van der Waals surface area contributed by atoms with Crippen LogP contribution in [0.5, 0.6) is 0 Å². The molecule has 1 aliphatic heterocycles. The van der Waals surface area contributed by atoms with Crippen molar-refractivity contribution in [3.8, 4) is 0 Å². The lowest BCUT2D eigenvalue weighted by atomic mass is 9.79. The summed E-state index contributed by atoms with van der Waals surface area (Å²) in [6.45, 7) is 7.05. The quantitative estimate of drug-likeness (QED) is 0.677. The maximum Gasteiger partial charge on any atom is 0.320 e. The maximum atomic E-state index is 13.3. The van der Waals surface area contributed by atoms with Crippen molar-refractivity contribution in [1.29, 1.82) is 0 Å². The molecule has 1 saturated carbocycles. The summed E-state index contributed by atoms with van der Waals surface area (Å²) in [5.74, 6) is 0.662. The maximum absolute atomic E-state index is 13.3. The zero-order chi connectivity index (χ0) is 17.9. The van der Waals surface area contributed by atoms with Gasteiger partial charge in [-0.25, -0.2) is 4.79 Å². The molecule has 2 aliphatic rings. The molecule has 1 unspecified atom stereocenters. The van der Waals surface area contributed by atoms with Crippen LogP contribution in [-0.4, -0.2) is 35.5 Å². The van der Waals surface area contributed by atoms with E-state index in [-0.39, 0.29) is 11.6 Å². The van der Waals surface area contributed by atoms with E-state index < -0.39 is 0 Å². The molecule has 0 N–H and O–H groups in total. The Bertz CT molecular complexity index is 593. The Balaban J connectivity index is 1.83. The van der Waals surface area contributed by atoms with Gasteiger partial charge >= 0.3 is 6.03 Å². The van der Waals surface area contributed by atoms with Gasteiger partial charge < -0.3 is 9.80 Å². The highest BCUT2D eigenvalue weighted by atomic mass is 16.2. The molecule has 2 atom stereocenters. The van der Waals surface area contributed by atoms with Crippen molar-refractivity contribution in [2.75, 3.05) is 13.6 Å². The fourth-order valence-corrected chi connectivity index (χ4v) is 4.88. The third-order valence-electron chi connectivity index (χ3n) is 6.56. The number of carbonyl (C=O) groups excluding carboxylic acids is 1. The minimum atomic E-state index is -0.261. The number of hydrogen-bond acceptors (Lipinski definition) is 1. The second kappa shape index (κ2) is 7.63. The molecule has 1 aliphatic carbocycles. The van der Waals surface area contributed by atoms with Gasteiger partial charge in [-0.2, -0.15) is 0 Å². The van der Waals surface area contributed by atoms with Gasteiger partial charge in [0.2, 0.25) is 0 Å². The molecule has 1 saturated heterocycles. The van der Waals surface area contributed by atoms with Gasteiger partial charge in [-0.15, -0.1) is 6.58 Å². The van der Waals surface area contributed by atoms with Crippen LogP contribution in [0.2, 0.25) is 0 Å². The number of rotatable bonds is 5. The summed E-state index contributed by atoms with van der Waals surface area (Å²) >= 11 is 0. The third-order valence-corrected chi connectivity index (χ3v) is 6.56. The van der Waals surface area contributed by atoms with Gasteiger partial charge in [0.15, 0.2) is 0 Å². The predicted molar refractivity (Wildman–Crippen MR) is 103 cm³/mol. The molecule has 1 aromatic carbocycles. The van der Waals surface area contributed by atoms with Crippen molar-refractivity contribution >= 4 is 6.03 Å². The molecule has 136 valence electrons. The molecule has 2 fully saturated rings. The van der Waals surface area contributed by atoms with Crippen molar-refractivity contribution in [3.63, 3.8) is 0 Å².